The number of amides is 3. The lowest BCUT2D eigenvalue weighted by Gasteiger charge is -2.19. The highest BCUT2D eigenvalue weighted by atomic mass is 79.9. The third-order valence-corrected chi connectivity index (χ3v) is 25.0. The van der Waals surface area contributed by atoms with Crippen molar-refractivity contribution in [2.45, 2.75) is 203 Å². The van der Waals surface area contributed by atoms with Crippen molar-refractivity contribution < 1.29 is 75.4 Å². The molecule has 3 saturated carbocycles. The summed E-state index contributed by atoms with van der Waals surface area (Å²) in [6.45, 7) is 2.73. The predicted octanol–water partition coefficient (Wildman–Crippen LogP) is 13.7. The molecule has 3 aliphatic carbocycles. The summed E-state index contributed by atoms with van der Waals surface area (Å²) in [5.41, 5.74) is 4.04. The zero-order chi connectivity index (χ0) is 76.5. The van der Waals surface area contributed by atoms with Gasteiger partial charge < -0.3 is 71.8 Å². The number of carbonyl (C=O) groups excluding carboxylic acids is 3. The molecule has 0 radical (unpaired) electrons. The molecule has 14 N–H and O–H groups in total. The number of halogens is 5. The van der Waals surface area contributed by atoms with E-state index in [0.29, 0.717) is 112 Å². The van der Waals surface area contributed by atoms with Crippen LogP contribution in [-0.4, -0.2) is 173 Å². The van der Waals surface area contributed by atoms with Gasteiger partial charge in [-0.15, -0.1) is 34.0 Å². The van der Waals surface area contributed by atoms with Crippen LogP contribution in [0.5, 0.6) is 5.75 Å². The minimum absolute atomic E-state index is 0.0163. The van der Waals surface area contributed by atoms with E-state index in [1.165, 1.54) is 23.5 Å². The maximum atomic E-state index is 12.2. The number of aliphatic hydroxyl groups is 10. The Morgan fingerprint density at radius 3 is 1.55 bits per heavy atom. The van der Waals surface area contributed by atoms with Crippen LogP contribution in [0.2, 0.25) is 13.7 Å². The van der Waals surface area contributed by atoms with E-state index in [-0.39, 0.29) is 72.1 Å². The van der Waals surface area contributed by atoms with E-state index in [2.05, 4.69) is 53.5 Å². The summed E-state index contributed by atoms with van der Waals surface area (Å²) in [6.07, 6.45) is 30.2. The van der Waals surface area contributed by atoms with Crippen LogP contribution in [0.4, 0.5) is 0 Å². The summed E-state index contributed by atoms with van der Waals surface area (Å²) in [5, 5.41) is 120. The van der Waals surface area contributed by atoms with E-state index in [1.807, 2.05) is 85.9 Å². The van der Waals surface area contributed by atoms with Gasteiger partial charge in [-0.1, -0.05) is 108 Å². The number of carbonyl (C=O) groups is 3. The van der Waals surface area contributed by atoms with Gasteiger partial charge >= 0.3 is 0 Å². The maximum Gasteiger partial charge on any atom is 0.245 e. The lowest BCUT2D eigenvalue weighted by Crippen LogP contribution is -2.25. The Bertz CT molecular complexity index is 3600. The first-order valence-electron chi connectivity index (χ1n) is 36.2. The van der Waals surface area contributed by atoms with Crippen LogP contribution in [0.3, 0.4) is 0 Å². The van der Waals surface area contributed by atoms with E-state index >= 15 is 0 Å². The standard InChI is InChI=1S/C32H41ClN2O5S.C23H33Br2NO5S.C23H33Cl2NO5S/c1-20-28(33)18-25(41-20)11-8-23(36)9-12-27-26(30(38)19-31(27)39)6-4-2-3-5-7-32(40)34-15-14-22-16-21-17-24(37)10-13-29(21)35-22;1-26(31-2)22(30)8-6-4-3-5-7-17-18(20(29)14-19(17)28)12-11-16(27)10-9-15-13-21(24)32-23(15)25;24-21-13-15(23(25)32-21)7-8-16(28)9-10-18-17(19(29)14-20(18)30)5-3-1-2-4-6-22(31)26-11-12-27/h2,4,9-10,12-13,16-18,23,26-27,30-31,35-39H,3,5-8,11,14-15,19H2,1H3,(H,34,40);3,5,11-13,16-20,27-29H,4,6-10,14H2,1-2H3;1,3,9-10,13,16-20,27-30H,2,4-8,11-12,14H2,(H,26,31)/b4-2-,12-9+;5-3-,12-11+;3-1-,10-9+/t23-,26+,27+,30-,31+;2*16-,17+,18+,19-,20+/m000/s1. The number of phenolic OH excluding ortho intramolecular Hbond substituents is 1. The highest BCUT2D eigenvalue weighted by Gasteiger charge is 2.41. The monoisotopic (exact) mass is 1700 g/mol. The Balaban J connectivity index is 0.000000250. The minimum atomic E-state index is -0.678. The molecule has 4 heterocycles. The molecule has 4 aromatic heterocycles. The lowest BCUT2D eigenvalue weighted by atomic mass is 9.89. The number of hydrogen-bond acceptors (Lipinski definition) is 18. The number of aromatic nitrogens is 1. The smallest absolute Gasteiger partial charge is 0.245 e. The number of H-pyrrole nitrogens is 1. The van der Waals surface area contributed by atoms with E-state index in [1.54, 1.807) is 60.1 Å². The normalized spacial score (nSPS) is 23.5. The third-order valence-electron chi connectivity index (χ3n) is 19.4. The average Bonchev–Trinajstić information content (AvgIpc) is 1.71. The molecule has 8 rings (SSSR count). The van der Waals surface area contributed by atoms with Crippen LogP contribution < -0.4 is 10.6 Å². The van der Waals surface area contributed by atoms with Crippen LogP contribution in [0.25, 0.3) is 10.9 Å². The fourth-order valence-corrected chi connectivity index (χ4v) is 19.1. The molecule has 0 unspecified atom stereocenters. The molecule has 15 atom stereocenters. The number of nitrogens with zero attached hydrogens (tertiary/aromatic N) is 1. The number of hydrogen-bond donors (Lipinski definition) is 14. The number of phenols is 1. The van der Waals surface area contributed by atoms with Crippen molar-refractivity contribution in [3.8, 4) is 5.75 Å². The van der Waals surface area contributed by atoms with Crippen LogP contribution in [0.1, 0.15) is 142 Å². The van der Waals surface area contributed by atoms with Crippen molar-refractivity contribution in [3.05, 3.63) is 163 Å². The Morgan fingerprint density at radius 2 is 1.10 bits per heavy atom. The van der Waals surface area contributed by atoms with Crippen molar-refractivity contribution >= 4 is 129 Å². The van der Waals surface area contributed by atoms with Gasteiger partial charge in [-0.3, -0.25) is 19.2 Å². The first-order chi connectivity index (χ1) is 50.2. The number of aliphatic hydroxyl groups excluding tert-OH is 10. The van der Waals surface area contributed by atoms with E-state index in [9.17, 15) is 65.4 Å². The average molecular weight is 1700 g/mol. The van der Waals surface area contributed by atoms with E-state index in [0.717, 1.165) is 95.0 Å². The van der Waals surface area contributed by atoms with Gasteiger partial charge in [0, 0.05) is 109 Å². The topological polar surface area (TPSA) is 326 Å². The molecule has 105 heavy (non-hydrogen) atoms. The van der Waals surface area contributed by atoms with Gasteiger partial charge in [-0.25, -0.2) is 5.06 Å². The predicted molar refractivity (Wildman–Crippen MR) is 429 cm³/mol. The highest BCUT2D eigenvalue weighted by Crippen LogP contribution is 2.40. The largest absolute Gasteiger partial charge is 0.508 e. The molecule has 582 valence electrons. The summed E-state index contributed by atoms with van der Waals surface area (Å²) in [4.78, 5) is 45.8. The number of nitrogens with one attached hydrogen (secondary N) is 3. The molecule has 1 aromatic carbocycles. The second-order valence-corrected chi connectivity index (χ2v) is 35.0. The number of rotatable bonds is 39. The van der Waals surface area contributed by atoms with Gasteiger partial charge in [0.05, 0.1) is 89.9 Å². The van der Waals surface area contributed by atoms with Gasteiger partial charge in [0.1, 0.15) is 5.75 Å². The summed E-state index contributed by atoms with van der Waals surface area (Å²) >= 11 is 29.8. The molecular weight excluding hydrogens is 1600 g/mol. The molecule has 5 aromatic rings. The zero-order valence-electron chi connectivity index (χ0n) is 59.9. The third kappa shape index (κ3) is 31.7. The van der Waals surface area contributed by atoms with Crippen molar-refractivity contribution in [1.29, 1.82) is 0 Å². The summed E-state index contributed by atoms with van der Waals surface area (Å²) < 4.78 is 3.38. The highest BCUT2D eigenvalue weighted by molar-refractivity contribution is 9.12. The van der Waals surface area contributed by atoms with Crippen molar-refractivity contribution in [3.63, 3.8) is 0 Å². The van der Waals surface area contributed by atoms with Crippen LogP contribution in [0.15, 0.2) is 123 Å². The number of hydroxylamine groups is 2. The van der Waals surface area contributed by atoms with Gasteiger partial charge in [-0.05, 0) is 206 Å². The Kier molecular flexibility index (Phi) is 40.9. The van der Waals surface area contributed by atoms with Gasteiger partial charge in [0.15, 0.2) is 0 Å². The molecule has 0 aliphatic heterocycles. The number of thiophene rings is 3. The second kappa shape index (κ2) is 47.9. The summed E-state index contributed by atoms with van der Waals surface area (Å²) in [7, 11) is 3.06. The van der Waals surface area contributed by atoms with Crippen LogP contribution in [-0.2, 0) is 44.9 Å². The number of aryl methyl sites for hydroxylation is 4. The van der Waals surface area contributed by atoms with Crippen molar-refractivity contribution in [2.75, 3.05) is 33.9 Å². The molecule has 0 saturated heterocycles. The lowest BCUT2D eigenvalue weighted by molar-refractivity contribution is -0.168. The zero-order valence-corrected chi connectivity index (χ0v) is 67.8. The number of allylic oxidation sites excluding steroid dienone is 6. The van der Waals surface area contributed by atoms with Crippen molar-refractivity contribution in [1.82, 2.24) is 20.7 Å². The molecule has 3 aliphatic rings. The minimum Gasteiger partial charge on any atom is -0.508 e. The maximum absolute atomic E-state index is 12.2. The fourth-order valence-electron chi connectivity index (χ4n) is 13.3. The van der Waals surface area contributed by atoms with Crippen LogP contribution >= 0.6 is 101 Å². The summed E-state index contributed by atoms with van der Waals surface area (Å²) in [6, 6.07) is 13.0. The first kappa shape index (κ1) is 89.8. The molecule has 3 amide bonds. The fraction of sp³-hybridized carbons (Fsp3) is 0.551. The SMILES string of the molecule is CON(C)C(=O)CCC/C=C\C[C@@H]1[C@@H](/C=C/[C@@H](O)CCc2cc(Br)sc2Br)[C@H](O)C[C@@H]1O.Cc1sc(CC[C@H](O)/C=C/[C@@H]2[C@@H](C/C=C\CCCC(=O)NCCc3cc4cc(O)ccc4[nH]3)[C@@H](O)C[C@H]2O)cc1Cl.O=C(CCC/C=C\C[C@@H]1[C@@H](/C=C/[C@@H](O)CCc2cc(Cl)sc2Cl)[C@H](O)C[C@@H]1O)NCCO. The van der Waals surface area contributed by atoms with E-state index in [4.69, 9.17) is 44.7 Å². The number of unbranched alkanes of at least 4 members (excludes halogenated alkanes) is 3. The number of aromatic hydroxyl groups is 1. The van der Waals surface area contributed by atoms with Crippen molar-refractivity contribution in [2.24, 2.45) is 35.5 Å². The van der Waals surface area contributed by atoms with Crippen LogP contribution in [0, 0.1) is 42.4 Å². The Labute approximate surface area is 661 Å². The number of fused-ring (bicyclic) bond motifs is 1. The number of aromatic amines is 1. The molecular formula is C78H107Br2Cl3N4O15S3. The Hall–Kier alpha value is -4.10. The summed E-state index contributed by atoms with van der Waals surface area (Å²) in [5.74, 6) is -0.837. The van der Waals surface area contributed by atoms with E-state index < -0.39 is 54.9 Å². The molecule has 3 fully saturated rings. The molecule has 0 bridgehead atoms. The second-order valence-electron chi connectivity index (χ2n) is 27.2. The van der Waals surface area contributed by atoms with Gasteiger partial charge in [0.2, 0.25) is 17.7 Å². The molecule has 27 heteroatoms. The quantitative estimate of drug-likeness (QED) is 0.00988. The number of benzene rings is 1. The Morgan fingerprint density at radius 1 is 0.619 bits per heavy atom. The van der Waals surface area contributed by atoms with Gasteiger partial charge in [0.25, 0.3) is 0 Å². The first-order valence-corrected chi connectivity index (χ1v) is 41.4. The molecule has 19 nitrogen and oxygen atoms in total. The molecule has 0 spiro atoms. The van der Waals surface area contributed by atoms with Gasteiger partial charge in [-0.2, -0.15) is 0 Å².